The number of hydrogen-bond acceptors (Lipinski definition) is 18. The lowest BCUT2D eigenvalue weighted by molar-refractivity contribution is -0.201. The number of ether oxygens (including phenoxy) is 1. The Bertz CT molecular complexity index is 4050. The van der Waals surface area contributed by atoms with Crippen molar-refractivity contribution in [3.63, 3.8) is 0 Å². The van der Waals surface area contributed by atoms with Crippen molar-refractivity contribution in [3.05, 3.63) is 101 Å². The number of anilines is 1. The number of aromatic nitrogens is 1. The van der Waals surface area contributed by atoms with Gasteiger partial charge in [0, 0.05) is 127 Å². The molecule has 578 valence electrons. The van der Waals surface area contributed by atoms with E-state index in [2.05, 4.69) is 110 Å². The van der Waals surface area contributed by atoms with Gasteiger partial charge in [0.1, 0.15) is 28.5 Å². The summed E-state index contributed by atoms with van der Waals surface area (Å²) < 4.78 is 13.5. The predicted octanol–water partition coefficient (Wildman–Crippen LogP) is 6.68. The molecule has 4 aromatic rings. The van der Waals surface area contributed by atoms with Crippen molar-refractivity contribution in [2.45, 2.75) is 227 Å². The molecule has 6 heterocycles. The fraction of sp³-hybridized carbons (Fsp3) is 0.597. The largest absolute Gasteiger partial charge is 0.496 e. The molecule has 1 aromatic heterocycles. The molecule has 3 aromatic carbocycles. The lowest BCUT2D eigenvalue weighted by Crippen LogP contribution is -2.78. The van der Waals surface area contributed by atoms with E-state index in [9.17, 15) is 69.0 Å². The molecule has 29 heteroatoms. The molecule has 2 saturated heterocycles. The van der Waals surface area contributed by atoms with Crippen molar-refractivity contribution < 1.29 is 92.5 Å². The Morgan fingerprint density at radius 2 is 1.46 bits per heavy atom. The van der Waals surface area contributed by atoms with E-state index >= 15 is 0 Å². The predicted molar refractivity (Wildman–Crippen MR) is 399 cm³/mol. The van der Waals surface area contributed by atoms with E-state index in [1.165, 1.54) is 10.9 Å². The highest BCUT2D eigenvalue weighted by Gasteiger charge is 2.76. The molecule has 2 bridgehead atoms. The van der Waals surface area contributed by atoms with Gasteiger partial charge >= 0.3 is 36.1 Å². The van der Waals surface area contributed by atoms with E-state index in [1.54, 1.807) is 19.2 Å². The summed E-state index contributed by atoms with van der Waals surface area (Å²) in [6, 6.07) is 17.3. The van der Waals surface area contributed by atoms with Gasteiger partial charge in [0.25, 0.3) is 0 Å². The fourth-order valence-corrected chi connectivity index (χ4v) is 27.5. The monoisotopic (exact) mass is 1500 g/mol. The van der Waals surface area contributed by atoms with Gasteiger partial charge < -0.3 is 75.7 Å². The molecule has 27 nitrogen and oxygen atoms in total. The van der Waals surface area contributed by atoms with E-state index in [1.807, 2.05) is 45.4 Å². The molecule has 1 saturated carbocycles. The van der Waals surface area contributed by atoms with E-state index in [4.69, 9.17) is 23.5 Å². The Morgan fingerprint density at radius 3 is 2.08 bits per heavy atom. The van der Waals surface area contributed by atoms with Crippen LogP contribution >= 0.6 is 0 Å². The Morgan fingerprint density at radius 1 is 0.802 bits per heavy atom. The lowest BCUT2D eigenvalue weighted by atomic mass is 9.47. The quantitative estimate of drug-likeness (QED) is 0.0108. The minimum Gasteiger partial charge on any atom is -0.496 e. The number of carbonyl (C=O) groups is 8. The van der Waals surface area contributed by atoms with Gasteiger partial charge in [-0.2, -0.15) is 9.59 Å². The maximum absolute atomic E-state index is 14.8. The zero-order chi connectivity index (χ0) is 77.9. The SMILES string of the molecule is CC[C@]1(O)C[C@H]2CN(CCc3c([nH]c4ccccc34)[C@@](C)(c3cc4c(cc3OC)N(C)[C@H]3[C@@](O)(CCC(=O)c5ccc([Si](C)(C)O[Si](C)(C)CC(NC(=O)CCCCCNC(=O)CC[C@](C)(NC(=O)N[C@@](C)(CCC(=O)O)C(=O)O)C(=O)O)C(=O)O)cc5)[C@H](O)[C@]5(CC)C=CCN6CC[C@]43[C@H]65)C2)C1.O=C=O. The maximum atomic E-state index is 14.8. The molecule has 13 atom stereocenters. The molecule has 1 spiro atoms. The number of aliphatic carboxylic acids is 4. The van der Waals surface area contributed by atoms with Crippen LogP contribution in [0.1, 0.15) is 164 Å². The number of nitrogens with one attached hydrogen (secondary N) is 5. The van der Waals surface area contributed by atoms with Crippen LogP contribution in [-0.2, 0) is 59.7 Å². The molecule has 1 aliphatic carbocycles. The highest BCUT2D eigenvalue weighted by Crippen LogP contribution is 2.68. The number of urea groups is 1. The number of H-pyrrole nitrogens is 1. The number of methoxy groups -OCH3 is 1. The number of carboxylic acids is 4. The van der Waals surface area contributed by atoms with E-state index < -0.39 is 128 Å². The molecular formula is C77H108N8O19Si2. The topological polar surface area (TPSA) is 404 Å². The van der Waals surface area contributed by atoms with Crippen LogP contribution in [0, 0.1) is 11.3 Å². The van der Waals surface area contributed by atoms with Gasteiger partial charge in [-0.3, -0.25) is 33.8 Å². The van der Waals surface area contributed by atoms with Gasteiger partial charge in [-0.05, 0) is 165 Å². The van der Waals surface area contributed by atoms with Crippen molar-refractivity contribution in [1.82, 2.24) is 36.1 Å². The number of para-hydroxylation sites is 1. The molecule has 12 N–H and O–H groups in total. The third-order valence-corrected chi connectivity index (χ3v) is 31.5. The van der Waals surface area contributed by atoms with Crippen LogP contribution in [0.4, 0.5) is 10.5 Å². The minimum absolute atomic E-state index is 0.00762. The number of carbonyl (C=O) groups excluding carboxylic acids is 6. The van der Waals surface area contributed by atoms with E-state index in [-0.39, 0.29) is 68.6 Å². The normalized spacial score (nSPS) is 27.2. The van der Waals surface area contributed by atoms with Crippen LogP contribution in [0.25, 0.3) is 10.9 Å². The van der Waals surface area contributed by atoms with Crippen molar-refractivity contribution in [3.8, 4) is 5.75 Å². The number of ketones is 1. The first-order valence-corrected chi connectivity index (χ1v) is 43.1. The van der Waals surface area contributed by atoms with Crippen molar-refractivity contribution in [1.29, 1.82) is 0 Å². The van der Waals surface area contributed by atoms with Crippen LogP contribution in [0.3, 0.4) is 0 Å². The number of benzene rings is 3. The number of likely N-dealkylation sites (N-methyl/N-ethyl adjacent to an activating group) is 1. The number of aliphatic hydroxyl groups excluding tert-OH is 1. The van der Waals surface area contributed by atoms with Crippen molar-refractivity contribution >= 4 is 92.1 Å². The third kappa shape index (κ3) is 16.3. The average molecular weight is 1510 g/mol. The molecule has 6 aliphatic rings. The van der Waals surface area contributed by atoms with Gasteiger partial charge in [0.15, 0.2) is 14.1 Å². The fourth-order valence-electron chi connectivity index (χ4n) is 19.0. The Kier molecular flexibility index (Phi) is 24.7. The van der Waals surface area contributed by atoms with Crippen LogP contribution in [0.2, 0.25) is 32.2 Å². The zero-order valence-electron chi connectivity index (χ0n) is 62.9. The zero-order valence-corrected chi connectivity index (χ0v) is 64.9. The number of fused-ring (bicyclic) bond motifs is 6. The second kappa shape index (κ2) is 32.0. The summed E-state index contributed by atoms with van der Waals surface area (Å²) in [6.07, 6.45) is 6.97. The Balaban J connectivity index is 0.00000426. The first-order valence-electron chi connectivity index (χ1n) is 37.0. The summed E-state index contributed by atoms with van der Waals surface area (Å²) in [5, 5.41) is 89.9. The molecule has 2 unspecified atom stereocenters. The smallest absolute Gasteiger partial charge is 0.373 e. The molecule has 106 heavy (non-hydrogen) atoms. The number of amides is 4. The van der Waals surface area contributed by atoms with Gasteiger partial charge in [-0.1, -0.05) is 74.9 Å². The number of nitrogens with zero attached hydrogens (tertiary/aromatic N) is 3. The number of aromatic amines is 1. The van der Waals surface area contributed by atoms with Crippen molar-refractivity contribution in [2.75, 3.05) is 58.3 Å². The van der Waals surface area contributed by atoms with Crippen LogP contribution in [-0.4, -0.2) is 221 Å². The van der Waals surface area contributed by atoms with Crippen LogP contribution in [0.15, 0.2) is 72.8 Å². The molecular weight excluding hydrogens is 1400 g/mol. The number of aliphatic hydroxyl groups is 3. The van der Waals surface area contributed by atoms with E-state index in [0.29, 0.717) is 57.2 Å². The van der Waals surface area contributed by atoms with Crippen LogP contribution < -0.4 is 36.1 Å². The number of hydrogen-bond donors (Lipinski definition) is 12. The molecule has 0 radical (unpaired) electrons. The average Bonchev–Trinajstić information content (AvgIpc) is 1.47. The number of Topliss-reactive ketones (excluding diaryl/α,β-unsaturated/α-hetero) is 1. The first kappa shape index (κ1) is 81.9. The first-order chi connectivity index (χ1) is 49.8. The number of rotatable bonds is 31. The number of unbranched alkanes of at least 4 members (excludes halogenated alkanes) is 2. The van der Waals surface area contributed by atoms with Crippen molar-refractivity contribution in [2.24, 2.45) is 11.3 Å². The third-order valence-electron chi connectivity index (χ3n) is 24.1. The Hall–Kier alpha value is -8.13. The van der Waals surface area contributed by atoms with Gasteiger partial charge in [0.2, 0.25) is 20.1 Å². The highest BCUT2D eigenvalue weighted by molar-refractivity contribution is 6.92. The number of piperidine rings is 1. The van der Waals surface area contributed by atoms with Crippen LogP contribution in [0.5, 0.6) is 5.75 Å². The minimum atomic E-state index is -2.86. The molecule has 5 aliphatic heterocycles. The second-order valence-electron chi connectivity index (χ2n) is 32.3. The second-order valence-corrected chi connectivity index (χ2v) is 40.6. The maximum Gasteiger partial charge on any atom is 0.373 e. The summed E-state index contributed by atoms with van der Waals surface area (Å²) in [4.78, 5) is 129. The molecule has 3 fully saturated rings. The summed E-state index contributed by atoms with van der Waals surface area (Å²) in [6.45, 7) is 20.6. The summed E-state index contributed by atoms with van der Waals surface area (Å²) >= 11 is 0. The summed E-state index contributed by atoms with van der Waals surface area (Å²) in [5.74, 6) is -5.82. The molecule has 4 amide bonds. The number of carboxylic acid groups (broad SMARTS) is 4. The highest BCUT2D eigenvalue weighted by atomic mass is 28.4. The summed E-state index contributed by atoms with van der Waals surface area (Å²) in [5.41, 5.74) is -1.75. The molecule has 10 rings (SSSR count). The standard InChI is InChI=1S/C76H108N8O17Si2.CO2/c1-12-73(98)43-47-42-70(3,62-51(30-38-83(44-47)46-73)50-20-16-17-21-54(50)79-62)53-40-52-56(41-58(53)100-7)82(6)65-75(52)35-39-84-37-19-31-74(13-2,64(75)84)66(92)76(65,99)34-27-57(85)48-23-25-49(26-24-48)103(10,11)101-102(8,9)45-55(63(90)91)78-60(87)22-15-14-18-36-77-59(86)28-32-71(4,67(93)94)80-69(97)81-72(5,68(95)96)33-29-61(88)89;2-1-3/h16-17,19-21,23-26,31,40-41,47,55,64-66,79,92,98-99H,12-15,18,22,27-30,32-39,42-46H2,1-11H3,(H,77,86)(H,78,87)(H,88,89)(H,90,91)(H,93,94)(H,95,96)(H2,80,81,97);/t47-,55?,64+,65+,66+,70+,71-,72-,73-,74+,75+,76-;/m0./s1. The van der Waals surface area contributed by atoms with Gasteiger partial charge in [0.05, 0.1) is 24.9 Å². The van der Waals surface area contributed by atoms with Gasteiger partial charge in [-0.15, -0.1) is 0 Å². The van der Waals surface area contributed by atoms with Gasteiger partial charge in [-0.25, -0.2) is 14.4 Å². The summed E-state index contributed by atoms with van der Waals surface area (Å²) in [7, 11) is -1.91. The lowest BCUT2D eigenvalue weighted by Gasteiger charge is -2.64. The van der Waals surface area contributed by atoms with E-state index in [0.717, 1.165) is 91.7 Å². The Labute approximate surface area is 620 Å².